The zero-order chi connectivity index (χ0) is 10.9. The number of carbonyl (C=O) groups is 2. The van der Waals surface area contributed by atoms with E-state index in [0.717, 1.165) is 0 Å². The number of aliphatic carboxylic acids is 2. The van der Waals surface area contributed by atoms with Crippen LogP contribution >= 0.6 is 0 Å². The number of allylic oxidation sites excluding steroid dienone is 1. The Bertz CT molecular complexity index is 296. The van der Waals surface area contributed by atoms with Crippen molar-refractivity contribution >= 4 is 11.9 Å². The monoisotopic (exact) mass is 200 g/mol. The predicted molar refractivity (Wildman–Crippen MR) is 46.6 cm³/mol. The van der Waals surface area contributed by atoms with Crippen molar-refractivity contribution in [3.63, 3.8) is 0 Å². The molecule has 0 aliphatic heterocycles. The Morgan fingerprint density at radius 2 is 2.00 bits per heavy atom. The van der Waals surface area contributed by atoms with Crippen molar-refractivity contribution in [2.45, 2.75) is 19.4 Å². The van der Waals surface area contributed by atoms with Gasteiger partial charge in [-0.05, 0) is 13.3 Å². The molecule has 0 saturated heterocycles. The second-order valence-corrected chi connectivity index (χ2v) is 3.59. The summed E-state index contributed by atoms with van der Waals surface area (Å²) in [5, 5.41) is 27.2. The number of hydrogen-bond donors (Lipinski definition) is 3. The molecule has 0 fully saturated rings. The van der Waals surface area contributed by atoms with Crippen LogP contribution in [0.4, 0.5) is 0 Å². The van der Waals surface area contributed by atoms with Crippen molar-refractivity contribution < 1.29 is 24.9 Å². The van der Waals surface area contributed by atoms with E-state index in [1.807, 2.05) is 0 Å². The van der Waals surface area contributed by atoms with Gasteiger partial charge in [0.2, 0.25) is 0 Å². The van der Waals surface area contributed by atoms with Crippen LogP contribution in [-0.4, -0.2) is 33.4 Å². The quantitative estimate of drug-likeness (QED) is 0.549. The second kappa shape index (κ2) is 3.42. The Morgan fingerprint density at radius 3 is 2.36 bits per heavy atom. The molecule has 0 unspecified atom stereocenters. The summed E-state index contributed by atoms with van der Waals surface area (Å²) < 4.78 is 0. The van der Waals surface area contributed by atoms with Gasteiger partial charge in [-0.15, -0.1) is 0 Å². The van der Waals surface area contributed by atoms with Crippen molar-refractivity contribution in [2.75, 3.05) is 0 Å². The van der Waals surface area contributed by atoms with Gasteiger partial charge in [0, 0.05) is 0 Å². The molecule has 0 aromatic carbocycles. The van der Waals surface area contributed by atoms with E-state index >= 15 is 0 Å². The maximum atomic E-state index is 10.9. The molecule has 1 aliphatic carbocycles. The van der Waals surface area contributed by atoms with E-state index in [9.17, 15) is 14.7 Å². The molecule has 3 N–H and O–H groups in total. The van der Waals surface area contributed by atoms with E-state index in [-0.39, 0.29) is 6.42 Å². The van der Waals surface area contributed by atoms with Crippen LogP contribution in [0.2, 0.25) is 0 Å². The number of aliphatic hydroxyl groups is 1. The second-order valence-electron chi connectivity index (χ2n) is 3.59. The lowest BCUT2D eigenvalue weighted by molar-refractivity contribution is -0.168. The largest absolute Gasteiger partial charge is 0.481 e. The van der Waals surface area contributed by atoms with Crippen LogP contribution in [0.3, 0.4) is 0 Å². The van der Waals surface area contributed by atoms with Crippen LogP contribution in [0.25, 0.3) is 0 Å². The number of rotatable bonds is 2. The molecule has 3 atom stereocenters. The van der Waals surface area contributed by atoms with Gasteiger partial charge in [-0.1, -0.05) is 12.2 Å². The molecule has 0 aromatic heterocycles. The zero-order valence-electron chi connectivity index (χ0n) is 7.67. The molecule has 0 heterocycles. The van der Waals surface area contributed by atoms with Crippen molar-refractivity contribution in [3.05, 3.63) is 12.2 Å². The molecule has 78 valence electrons. The van der Waals surface area contributed by atoms with E-state index in [2.05, 4.69) is 0 Å². The van der Waals surface area contributed by atoms with Gasteiger partial charge in [0.05, 0.1) is 12.0 Å². The standard InChI is InChI=1S/C9H12O5/c1-9(8(13)14)5(7(11)12)3-2-4-6(9)10/h2,4-6,10H,3H2,1H3,(H,11,12)(H,13,14)/t5-,6-,9+/m1/s1. The van der Waals surface area contributed by atoms with Gasteiger partial charge in [-0.2, -0.15) is 0 Å². The maximum absolute atomic E-state index is 10.9. The maximum Gasteiger partial charge on any atom is 0.313 e. The Labute approximate surface area is 80.7 Å². The Kier molecular flexibility index (Phi) is 2.62. The molecular formula is C9H12O5. The highest BCUT2D eigenvalue weighted by atomic mass is 16.4. The van der Waals surface area contributed by atoms with Crippen molar-refractivity contribution in [2.24, 2.45) is 11.3 Å². The summed E-state index contributed by atoms with van der Waals surface area (Å²) in [4.78, 5) is 21.8. The fraction of sp³-hybridized carbons (Fsp3) is 0.556. The summed E-state index contributed by atoms with van der Waals surface area (Å²) in [5.74, 6) is -3.57. The van der Waals surface area contributed by atoms with Crippen molar-refractivity contribution in [1.29, 1.82) is 0 Å². The summed E-state index contributed by atoms with van der Waals surface area (Å²) in [5.41, 5.74) is -1.64. The smallest absolute Gasteiger partial charge is 0.313 e. The predicted octanol–water partition coefficient (Wildman–Crippen LogP) is 0.0989. The van der Waals surface area contributed by atoms with Gasteiger partial charge in [0.25, 0.3) is 0 Å². The highest BCUT2D eigenvalue weighted by molar-refractivity contribution is 5.84. The van der Waals surface area contributed by atoms with Crippen LogP contribution in [-0.2, 0) is 9.59 Å². The lowest BCUT2D eigenvalue weighted by atomic mass is 9.68. The van der Waals surface area contributed by atoms with Crippen LogP contribution in [0.1, 0.15) is 13.3 Å². The first-order valence-corrected chi connectivity index (χ1v) is 4.21. The average Bonchev–Trinajstić information content (AvgIpc) is 2.08. The van der Waals surface area contributed by atoms with Crippen LogP contribution < -0.4 is 0 Å². The topological polar surface area (TPSA) is 94.8 Å². The fourth-order valence-corrected chi connectivity index (χ4v) is 1.63. The third-order valence-electron chi connectivity index (χ3n) is 2.79. The Morgan fingerprint density at radius 1 is 1.43 bits per heavy atom. The first kappa shape index (κ1) is 10.7. The SMILES string of the molecule is C[C@@]1(C(=O)O)[C@H](O)C=CC[C@@H]1C(=O)O. The third kappa shape index (κ3) is 1.39. The molecule has 0 aromatic rings. The summed E-state index contributed by atoms with van der Waals surface area (Å²) in [6.45, 7) is 1.25. The Hall–Kier alpha value is -1.36. The molecule has 5 heteroatoms. The van der Waals surface area contributed by atoms with E-state index in [0.29, 0.717) is 0 Å². The molecule has 1 rings (SSSR count). The Balaban J connectivity index is 3.13. The van der Waals surface area contributed by atoms with Gasteiger partial charge in [-0.3, -0.25) is 9.59 Å². The van der Waals surface area contributed by atoms with Crippen LogP contribution in [0.5, 0.6) is 0 Å². The lowest BCUT2D eigenvalue weighted by Gasteiger charge is -2.36. The molecular weight excluding hydrogens is 188 g/mol. The first-order valence-electron chi connectivity index (χ1n) is 4.21. The van der Waals surface area contributed by atoms with Gasteiger partial charge in [-0.25, -0.2) is 0 Å². The average molecular weight is 200 g/mol. The van der Waals surface area contributed by atoms with Gasteiger partial charge >= 0.3 is 11.9 Å². The van der Waals surface area contributed by atoms with Crippen LogP contribution in [0.15, 0.2) is 12.2 Å². The highest BCUT2D eigenvalue weighted by Crippen LogP contribution is 2.38. The minimum atomic E-state index is -1.64. The molecule has 0 bridgehead atoms. The number of aliphatic hydroxyl groups excluding tert-OH is 1. The fourth-order valence-electron chi connectivity index (χ4n) is 1.63. The summed E-state index contributed by atoms with van der Waals surface area (Å²) in [6.07, 6.45) is 1.70. The van der Waals surface area contributed by atoms with Gasteiger partial charge in [0.15, 0.2) is 0 Å². The molecule has 1 aliphatic rings. The zero-order valence-corrected chi connectivity index (χ0v) is 7.67. The minimum Gasteiger partial charge on any atom is -0.481 e. The summed E-state index contributed by atoms with van der Waals surface area (Å²) >= 11 is 0. The lowest BCUT2D eigenvalue weighted by Crippen LogP contribution is -2.49. The number of carboxylic acids is 2. The molecule has 0 radical (unpaired) electrons. The van der Waals surface area contributed by atoms with Gasteiger partial charge < -0.3 is 15.3 Å². The molecule has 14 heavy (non-hydrogen) atoms. The highest BCUT2D eigenvalue weighted by Gasteiger charge is 2.51. The minimum absolute atomic E-state index is 0.134. The first-order chi connectivity index (χ1) is 6.40. The van der Waals surface area contributed by atoms with E-state index in [4.69, 9.17) is 10.2 Å². The van der Waals surface area contributed by atoms with E-state index < -0.39 is 29.4 Å². The van der Waals surface area contributed by atoms with E-state index in [1.54, 1.807) is 0 Å². The molecule has 0 spiro atoms. The van der Waals surface area contributed by atoms with E-state index in [1.165, 1.54) is 19.1 Å². The number of carboxylic acid groups (broad SMARTS) is 2. The third-order valence-corrected chi connectivity index (χ3v) is 2.79. The molecule has 0 saturated carbocycles. The van der Waals surface area contributed by atoms with Crippen molar-refractivity contribution in [3.8, 4) is 0 Å². The molecule has 0 amide bonds. The molecule has 5 nitrogen and oxygen atoms in total. The summed E-state index contributed by atoms with van der Waals surface area (Å²) in [7, 11) is 0. The van der Waals surface area contributed by atoms with Crippen molar-refractivity contribution in [1.82, 2.24) is 0 Å². The van der Waals surface area contributed by atoms with Crippen LogP contribution in [0, 0.1) is 11.3 Å². The normalized spacial score (nSPS) is 36.7. The van der Waals surface area contributed by atoms with Gasteiger partial charge in [0.1, 0.15) is 5.41 Å². The number of hydrogen-bond acceptors (Lipinski definition) is 3. The summed E-state index contributed by atoms with van der Waals surface area (Å²) in [6, 6.07) is 0.